The molecule has 7 nitrogen and oxygen atoms in total. The van der Waals surface area contributed by atoms with E-state index >= 15 is 0 Å². The minimum Gasteiger partial charge on any atom is -0.476 e. The molecule has 8 heteroatoms. The Labute approximate surface area is 130 Å². The van der Waals surface area contributed by atoms with E-state index < -0.39 is 4.92 Å². The number of hydrogen-bond acceptors (Lipinski definition) is 5. The highest BCUT2D eigenvalue weighted by molar-refractivity contribution is 9.10. The molecular formula is C13H15BrN4O3. The molecule has 0 N–H and O–H groups in total. The molecule has 2 rings (SSSR count). The topological polar surface area (TPSA) is 83.1 Å². The largest absolute Gasteiger partial charge is 0.476 e. The van der Waals surface area contributed by atoms with Crippen molar-refractivity contribution in [3.8, 4) is 5.75 Å². The smallest absolute Gasteiger partial charge is 0.406 e. The second kappa shape index (κ2) is 6.66. The molecule has 0 fully saturated rings. The van der Waals surface area contributed by atoms with Crippen LogP contribution in [0.3, 0.4) is 0 Å². The first-order chi connectivity index (χ1) is 10.0. The summed E-state index contributed by atoms with van der Waals surface area (Å²) in [5.74, 6) is -0.169. The lowest BCUT2D eigenvalue weighted by Crippen LogP contribution is -2.12. The molecule has 2 aromatic rings. The Balaban J connectivity index is 2.26. The second-order valence-electron chi connectivity index (χ2n) is 4.47. The SMILES string of the molecule is CCCn1nccc1[C@@H](C)Oc1cc(Br)cnc1[N+](=O)[O-]. The third kappa shape index (κ3) is 3.57. The zero-order chi connectivity index (χ0) is 15.4. The van der Waals surface area contributed by atoms with Gasteiger partial charge in [-0.2, -0.15) is 5.10 Å². The van der Waals surface area contributed by atoms with E-state index in [4.69, 9.17) is 4.74 Å². The Morgan fingerprint density at radius 2 is 2.33 bits per heavy atom. The summed E-state index contributed by atoms with van der Waals surface area (Å²) in [7, 11) is 0. The predicted octanol–water partition coefficient (Wildman–Crippen LogP) is 3.50. The Morgan fingerprint density at radius 3 is 3.00 bits per heavy atom. The van der Waals surface area contributed by atoms with Gasteiger partial charge in [-0.1, -0.05) is 6.92 Å². The quantitative estimate of drug-likeness (QED) is 0.585. The molecule has 0 aliphatic carbocycles. The molecule has 1 atom stereocenters. The van der Waals surface area contributed by atoms with Crippen LogP contribution in [0.25, 0.3) is 0 Å². The summed E-state index contributed by atoms with van der Waals surface area (Å²) in [6.45, 7) is 4.66. The summed E-state index contributed by atoms with van der Waals surface area (Å²) in [6, 6.07) is 3.39. The van der Waals surface area contributed by atoms with Gasteiger partial charge in [0, 0.05) is 18.8 Å². The third-order valence-corrected chi connectivity index (χ3v) is 3.31. The van der Waals surface area contributed by atoms with E-state index in [1.165, 1.54) is 6.20 Å². The van der Waals surface area contributed by atoms with Gasteiger partial charge in [0.1, 0.15) is 6.10 Å². The fraction of sp³-hybridized carbons (Fsp3) is 0.385. The van der Waals surface area contributed by atoms with Gasteiger partial charge in [-0.25, -0.2) is 0 Å². The van der Waals surface area contributed by atoms with Gasteiger partial charge in [0.25, 0.3) is 0 Å². The van der Waals surface area contributed by atoms with Crippen LogP contribution in [0, 0.1) is 10.1 Å². The van der Waals surface area contributed by atoms with Gasteiger partial charge in [0.2, 0.25) is 5.75 Å². The van der Waals surface area contributed by atoms with Crippen LogP contribution >= 0.6 is 15.9 Å². The standard InChI is InChI=1S/C13H15BrN4O3/c1-3-6-17-11(4-5-16-17)9(2)21-12-7-10(14)8-15-13(12)18(19)20/h4-5,7-9H,3,6H2,1-2H3/t9-/m1/s1. The lowest BCUT2D eigenvalue weighted by molar-refractivity contribution is -0.390. The molecule has 0 bridgehead atoms. The predicted molar refractivity (Wildman–Crippen MR) is 80.2 cm³/mol. The van der Waals surface area contributed by atoms with Crippen LogP contribution in [0.5, 0.6) is 5.75 Å². The Bertz CT molecular complexity index is 644. The first kappa shape index (κ1) is 15.4. The fourth-order valence-corrected chi connectivity index (χ4v) is 2.29. The highest BCUT2D eigenvalue weighted by atomic mass is 79.9. The number of aryl methyl sites for hydroxylation is 1. The molecule has 0 saturated carbocycles. The average molecular weight is 355 g/mol. The first-order valence-corrected chi connectivity index (χ1v) is 7.30. The average Bonchev–Trinajstić information content (AvgIpc) is 2.87. The summed E-state index contributed by atoms with van der Waals surface area (Å²) < 4.78 is 8.18. The molecule has 2 heterocycles. The fourth-order valence-electron chi connectivity index (χ4n) is 1.98. The van der Waals surface area contributed by atoms with Crippen molar-refractivity contribution in [2.75, 3.05) is 0 Å². The third-order valence-electron chi connectivity index (χ3n) is 2.88. The normalized spacial score (nSPS) is 12.1. The molecular weight excluding hydrogens is 340 g/mol. The van der Waals surface area contributed by atoms with Gasteiger partial charge in [-0.05, 0) is 45.2 Å². The van der Waals surface area contributed by atoms with E-state index in [1.54, 1.807) is 12.3 Å². The van der Waals surface area contributed by atoms with E-state index in [2.05, 4.69) is 32.9 Å². The number of nitrogens with zero attached hydrogens (tertiary/aromatic N) is 4. The second-order valence-corrected chi connectivity index (χ2v) is 5.39. The van der Waals surface area contributed by atoms with Gasteiger partial charge in [-0.3, -0.25) is 4.68 Å². The lowest BCUT2D eigenvalue weighted by atomic mass is 10.2. The number of halogens is 1. The first-order valence-electron chi connectivity index (χ1n) is 6.51. The lowest BCUT2D eigenvalue weighted by Gasteiger charge is -2.16. The minimum absolute atomic E-state index is 0.131. The Kier molecular flexibility index (Phi) is 4.89. The van der Waals surface area contributed by atoms with Crippen LogP contribution in [0.2, 0.25) is 0 Å². The highest BCUT2D eigenvalue weighted by Gasteiger charge is 2.21. The molecule has 2 aromatic heterocycles. The molecule has 21 heavy (non-hydrogen) atoms. The van der Waals surface area contributed by atoms with Crippen molar-refractivity contribution in [2.24, 2.45) is 0 Å². The van der Waals surface area contributed by atoms with Crippen LogP contribution < -0.4 is 4.74 Å². The maximum atomic E-state index is 11.0. The summed E-state index contributed by atoms with van der Waals surface area (Å²) in [4.78, 5) is 14.2. The monoisotopic (exact) mass is 354 g/mol. The zero-order valence-electron chi connectivity index (χ0n) is 11.7. The van der Waals surface area contributed by atoms with Crippen LogP contribution in [0.1, 0.15) is 32.1 Å². The number of aromatic nitrogens is 3. The number of nitro groups is 1. The van der Waals surface area contributed by atoms with E-state index in [9.17, 15) is 10.1 Å². The zero-order valence-corrected chi connectivity index (χ0v) is 13.3. The van der Waals surface area contributed by atoms with Crippen molar-refractivity contribution in [1.29, 1.82) is 0 Å². The van der Waals surface area contributed by atoms with Gasteiger partial charge < -0.3 is 14.9 Å². The summed E-state index contributed by atoms with van der Waals surface area (Å²) >= 11 is 3.24. The summed E-state index contributed by atoms with van der Waals surface area (Å²) in [5, 5.41) is 15.2. The Hall–Kier alpha value is -1.96. The number of hydrogen-bond donors (Lipinski definition) is 0. The van der Waals surface area contributed by atoms with Gasteiger partial charge in [0.05, 0.1) is 10.2 Å². The molecule has 0 aromatic carbocycles. The number of pyridine rings is 1. The molecule has 0 spiro atoms. The molecule has 0 saturated heterocycles. The van der Waals surface area contributed by atoms with Crippen LogP contribution in [0.15, 0.2) is 29.0 Å². The van der Waals surface area contributed by atoms with Crippen molar-refractivity contribution in [1.82, 2.24) is 14.8 Å². The maximum absolute atomic E-state index is 11.0. The summed E-state index contributed by atoms with van der Waals surface area (Å²) in [5.41, 5.74) is 0.867. The molecule has 0 aliphatic rings. The van der Waals surface area contributed by atoms with Crippen molar-refractivity contribution >= 4 is 21.7 Å². The molecule has 0 aliphatic heterocycles. The maximum Gasteiger partial charge on any atom is 0.406 e. The molecule has 0 radical (unpaired) electrons. The molecule has 0 amide bonds. The van der Waals surface area contributed by atoms with Gasteiger partial charge in [-0.15, -0.1) is 0 Å². The van der Waals surface area contributed by atoms with E-state index in [-0.39, 0.29) is 17.7 Å². The number of rotatable bonds is 6. The molecule has 112 valence electrons. The van der Waals surface area contributed by atoms with Crippen molar-refractivity contribution in [2.45, 2.75) is 32.9 Å². The Morgan fingerprint density at radius 1 is 1.57 bits per heavy atom. The van der Waals surface area contributed by atoms with Crippen molar-refractivity contribution in [3.63, 3.8) is 0 Å². The van der Waals surface area contributed by atoms with Gasteiger partial charge in [0.15, 0.2) is 6.20 Å². The van der Waals surface area contributed by atoms with Crippen LogP contribution in [-0.4, -0.2) is 19.7 Å². The van der Waals surface area contributed by atoms with Crippen molar-refractivity contribution < 1.29 is 9.66 Å². The van der Waals surface area contributed by atoms with Crippen molar-refractivity contribution in [3.05, 3.63) is 44.8 Å². The molecule has 0 unspecified atom stereocenters. The summed E-state index contributed by atoms with van der Waals surface area (Å²) in [6.07, 6.45) is 3.64. The number of ether oxygens (including phenoxy) is 1. The van der Waals surface area contributed by atoms with Gasteiger partial charge >= 0.3 is 5.82 Å². The van der Waals surface area contributed by atoms with E-state index in [1.807, 2.05) is 17.7 Å². The van der Waals surface area contributed by atoms with E-state index in [0.717, 1.165) is 18.7 Å². The van der Waals surface area contributed by atoms with Crippen LogP contribution in [0.4, 0.5) is 5.82 Å². The van der Waals surface area contributed by atoms with Crippen LogP contribution in [-0.2, 0) is 6.54 Å². The highest BCUT2D eigenvalue weighted by Crippen LogP contribution is 2.31. The van der Waals surface area contributed by atoms with E-state index in [0.29, 0.717) is 4.47 Å². The minimum atomic E-state index is -0.558.